The second kappa shape index (κ2) is 5.15. The second-order valence-electron chi connectivity index (χ2n) is 4.94. The van der Waals surface area contributed by atoms with E-state index in [4.69, 9.17) is 4.74 Å². The van der Waals surface area contributed by atoms with E-state index in [0.29, 0.717) is 30.4 Å². The first-order valence-electron chi connectivity index (χ1n) is 6.28. The molecule has 0 atom stereocenters. The topological polar surface area (TPSA) is 41.6 Å². The molecule has 2 aliphatic rings. The zero-order valence-electron chi connectivity index (χ0n) is 10.2. The molecule has 0 radical (unpaired) electrons. The highest BCUT2D eigenvalue weighted by molar-refractivity contribution is 5.76. The van der Waals surface area contributed by atoms with Crippen LogP contribution < -0.4 is 5.32 Å². The first kappa shape index (κ1) is 11.9. The summed E-state index contributed by atoms with van der Waals surface area (Å²) in [6.07, 6.45) is 3.25. The van der Waals surface area contributed by atoms with Crippen LogP contribution in [0, 0.1) is 5.92 Å². The number of carbonyl (C=O) groups is 1. The van der Waals surface area contributed by atoms with Gasteiger partial charge >= 0.3 is 0 Å². The summed E-state index contributed by atoms with van der Waals surface area (Å²) in [6.45, 7) is 4.72. The van der Waals surface area contributed by atoms with Gasteiger partial charge in [-0.3, -0.25) is 4.79 Å². The molecular weight excluding hydrogens is 204 g/mol. The molecule has 0 aromatic rings. The van der Waals surface area contributed by atoms with Gasteiger partial charge in [0.1, 0.15) is 0 Å². The summed E-state index contributed by atoms with van der Waals surface area (Å²) >= 11 is 0. The van der Waals surface area contributed by atoms with Crippen LogP contribution in [-0.2, 0) is 9.53 Å². The number of nitrogens with one attached hydrogen (secondary N) is 1. The van der Waals surface area contributed by atoms with Gasteiger partial charge in [-0.05, 0) is 25.7 Å². The molecule has 16 heavy (non-hydrogen) atoms. The largest absolute Gasteiger partial charge is 0.378 e. The Labute approximate surface area is 97.3 Å². The predicted octanol–water partition coefficient (Wildman–Crippen LogP) is 0.622. The Hall–Kier alpha value is -0.610. The van der Waals surface area contributed by atoms with Gasteiger partial charge in [0, 0.05) is 33.2 Å². The van der Waals surface area contributed by atoms with Gasteiger partial charge < -0.3 is 15.0 Å². The lowest BCUT2D eigenvalue weighted by atomic mass is 9.79. The second-order valence-corrected chi connectivity index (χ2v) is 4.94. The van der Waals surface area contributed by atoms with Crippen LogP contribution in [0.3, 0.4) is 0 Å². The molecule has 0 unspecified atom stereocenters. The van der Waals surface area contributed by atoms with Gasteiger partial charge in [0.15, 0.2) is 0 Å². The Kier molecular flexibility index (Phi) is 3.82. The molecule has 0 aromatic carbocycles. The fourth-order valence-electron chi connectivity index (χ4n) is 2.35. The van der Waals surface area contributed by atoms with Gasteiger partial charge in [-0.25, -0.2) is 0 Å². The third kappa shape index (κ3) is 2.55. The van der Waals surface area contributed by atoms with E-state index in [1.807, 2.05) is 18.9 Å². The van der Waals surface area contributed by atoms with Crippen molar-refractivity contribution in [2.75, 3.05) is 26.7 Å². The molecule has 0 bridgehead atoms. The number of ether oxygens (including phenoxy) is 1. The number of carbonyl (C=O) groups excluding carboxylic acids is 1. The molecule has 0 spiro atoms. The zero-order valence-corrected chi connectivity index (χ0v) is 10.2. The highest BCUT2D eigenvalue weighted by Crippen LogP contribution is 2.33. The summed E-state index contributed by atoms with van der Waals surface area (Å²) in [5, 5.41) is 3.19. The highest BCUT2D eigenvalue weighted by Gasteiger charge is 2.33. The van der Waals surface area contributed by atoms with Crippen molar-refractivity contribution in [1.82, 2.24) is 10.2 Å². The molecule has 2 rings (SSSR count). The Bertz CT molecular complexity index is 247. The molecule has 0 aromatic heterocycles. The lowest BCUT2D eigenvalue weighted by Gasteiger charge is -2.39. The smallest absolute Gasteiger partial charge is 0.222 e. The molecule has 1 saturated carbocycles. The van der Waals surface area contributed by atoms with E-state index in [9.17, 15) is 4.79 Å². The van der Waals surface area contributed by atoms with Gasteiger partial charge in [0.05, 0.1) is 12.1 Å². The molecule has 4 heteroatoms. The molecule has 1 heterocycles. The van der Waals surface area contributed by atoms with Crippen molar-refractivity contribution in [3.8, 4) is 0 Å². The van der Waals surface area contributed by atoms with E-state index < -0.39 is 0 Å². The summed E-state index contributed by atoms with van der Waals surface area (Å²) in [5.41, 5.74) is 0. The quantitative estimate of drug-likeness (QED) is 0.747. The van der Waals surface area contributed by atoms with Crippen LogP contribution in [0.25, 0.3) is 0 Å². The van der Waals surface area contributed by atoms with Crippen molar-refractivity contribution in [1.29, 1.82) is 0 Å². The summed E-state index contributed by atoms with van der Waals surface area (Å²) < 4.78 is 5.49. The summed E-state index contributed by atoms with van der Waals surface area (Å²) in [6, 6.07) is 0.426. The molecule has 2 fully saturated rings. The van der Waals surface area contributed by atoms with E-state index in [0.717, 1.165) is 32.5 Å². The molecule has 1 aliphatic carbocycles. The lowest BCUT2D eigenvalue weighted by Crippen LogP contribution is -2.57. The molecule has 1 amide bonds. The van der Waals surface area contributed by atoms with Crippen LogP contribution in [0.2, 0.25) is 0 Å². The van der Waals surface area contributed by atoms with Crippen molar-refractivity contribution < 1.29 is 9.53 Å². The predicted molar refractivity (Wildman–Crippen MR) is 62.2 cm³/mol. The summed E-state index contributed by atoms with van der Waals surface area (Å²) in [5.74, 6) is 0.853. The van der Waals surface area contributed by atoms with Gasteiger partial charge in [0.25, 0.3) is 0 Å². The van der Waals surface area contributed by atoms with Crippen LogP contribution in [0.15, 0.2) is 0 Å². The maximum atomic E-state index is 11.9. The first-order chi connectivity index (χ1) is 7.70. The Morgan fingerprint density at radius 1 is 1.44 bits per heavy atom. The molecule has 1 N–H and O–H groups in total. The minimum atomic E-state index is 0.298. The number of hydrogen-bond acceptors (Lipinski definition) is 3. The SMILES string of the molecule is CCOC1CC(CC(=O)N(C)C2CNC2)C1. The van der Waals surface area contributed by atoms with Crippen molar-refractivity contribution in [3.63, 3.8) is 0 Å². The van der Waals surface area contributed by atoms with E-state index in [-0.39, 0.29) is 0 Å². The van der Waals surface area contributed by atoms with Crippen LogP contribution in [-0.4, -0.2) is 49.7 Å². The minimum absolute atomic E-state index is 0.298. The number of hydrogen-bond donors (Lipinski definition) is 1. The van der Waals surface area contributed by atoms with E-state index in [1.54, 1.807) is 0 Å². The number of nitrogens with zero attached hydrogens (tertiary/aromatic N) is 1. The van der Waals surface area contributed by atoms with Gasteiger partial charge in [-0.15, -0.1) is 0 Å². The van der Waals surface area contributed by atoms with Crippen molar-refractivity contribution >= 4 is 5.91 Å². The molecule has 92 valence electrons. The van der Waals surface area contributed by atoms with Crippen LogP contribution in [0.4, 0.5) is 0 Å². The van der Waals surface area contributed by atoms with Crippen LogP contribution in [0.1, 0.15) is 26.2 Å². The summed E-state index contributed by atoms with van der Waals surface area (Å²) in [4.78, 5) is 13.8. The minimum Gasteiger partial charge on any atom is -0.378 e. The molecule has 4 nitrogen and oxygen atoms in total. The normalized spacial score (nSPS) is 29.4. The monoisotopic (exact) mass is 226 g/mol. The standard InChI is InChI=1S/C12H22N2O2/c1-3-16-11-4-9(5-11)6-12(15)14(2)10-7-13-8-10/h9-11,13H,3-8H2,1-2H3. The fraction of sp³-hybridized carbons (Fsp3) is 0.917. The maximum Gasteiger partial charge on any atom is 0.222 e. The number of amides is 1. The Balaban J connectivity index is 1.64. The summed E-state index contributed by atoms with van der Waals surface area (Å²) in [7, 11) is 1.92. The molecule has 1 aliphatic heterocycles. The van der Waals surface area contributed by atoms with E-state index >= 15 is 0 Å². The van der Waals surface area contributed by atoms with E-state index in [2.05, 4.69) is 5.32 Å². The van der Waals surface area contributed by atoms with Crippen molar-refractivity contribution in [3.05, 3.63) is 0 Å². The molecular formula is C12H22N2O2. The number of likely N-dealkylation sites (N-methyl/N-ethyl adjacent to an activating group) is 1. The fourth-order valence-corrected chi connectivity index (χ4v) is 2.35. The zero-order chi connectivity index (χ0) is 11.5. The first-order valence-corrected chi connectivity index (χ1v) is 6.28. The average Bonchev–Trinajstić information content (AvgIpc) is 2.11. The van der Waals surface area contributed by atoms with Gasteiger partial charge in [0.2, 0.25) is 5.91 Å². The van der Waals surface area contributed by atoms with Crippen LogP contribution in [0.5, 0.6) is 0 Å². The average molecular weight is 226 g/mol. The lowest BCUT2D eigenvalue weighted by molar-refractivity contribution is -0.136. The maximum absolute atomic E-state index is 11.9. The highest BCUT2D eigenvalue weighted by atomic mass is 16.5. The van der Waals surface area contributed by atoms with Gasteiger partial charge in [-0.2, -0.15) is 0 Å². The Morgan fingerprint density at radius 2 is 2.12 bits per heavy atom. The van der Waals surface area contributed by atoms with Crippen molar-refractivity contribution in [2.45, 2.75) is 38.3 Å². The number of rotatable bonds is 5. The van der Waals surface area contributed by atoms with Crippen molar-refractivity contribution in [2.24, 2.45) is 5.92 Å². The Morgan fingerprint density at radius 3 is 2.62 bits per heavy atom. The third-order valence-electron chi connectivity index (χ3n) is 3.76. The van der Waals surface area contributed by atoms with E-state index in [1.165, 1.54) is 0 Å². The third-order valence-corrected chi connectivity index (χ3v) is 3.76. The van der Waals surface area contributed by atoms with Gasteiger partial charge in [-0.1, -0.05) is 0 Å². The molecule has 1 saturated heterocycles. The van der Waals surface area contributed by atoms with Crippen LogP contribution >= 0.6 is 0 Å².